The minimum atomic E-state index is -0.533. The fourth-order valence-corrected chi connectivity index (χ4v) is 4.36. The van der Waals surface area contributed by atoms with E-state index in [-0.39, 0.29) is 11.8 Å². The molecule has 27 heavy (non-hydrogen) atoms. The van der Waals surface area contributed by atoms with Crippen molar-refractivity contribution in [1.29, 1.82) is 0 Å². The first-order valence-corrected chi connectivity index (χ1v) is 9.57. The van der Waals surface area contributed by atoms with Crippen molar-refractivity contribution in [3.8, 4) is 0 Å². The van der Waals surface area contributed by atoms with E-state index in [9.17, 15) is 9.90 Å². The van der Waals surface area contributed by atoms with Crippen LogP contribution in [-0.2, 0) is 19.3 Å². The lowest BCUT2D eigenvalue weighted by molar-refractivity contribution is 0.0758. The molecule has 2 atom stereocenters. The molecular formula is C21H22N4O2. The van der Waals surface area contributed by atoms with Crippen LogP contribution >= 0.6 is 0 Å². The number of carbonyl (C=O) groups is 1. The molecule has 0 bridgehead atoms. The Hall–Kier alpha value is -2.73. The molecule has 5 rings (SSSR count). The summed E-state index contributed by atoms with van der Waals surface area (Å²) in [6.07, 6.45) is 3.08. The molecule has 6 heteroatoms. The molecule has 0 unspecified atom stereocenters. The fourth-order valence-electron chi connectivity index (χ4n) is 4.36. The number of para-hydroxylation sites is 1. The molecule has 0 saturated carbocycles. The van der Waals surface area contributed by atoms with E-state index in [1.54, 1.807) is 4.90 Å². The van der Waals surface area contributed by atoms with Gasteiger partial charge in [-0.2, -0.15) is 5.10 Å². The second kappa shape index (κ2) is 6.46. The summed E-state index contributed by atoms with van der Waals surface area (Å²) >= 11 is 0. The second-order valence-electron chi connectivity index (χ2n) is 7.62. The molecule has 1 amide bonds. The third-order valence-electron chi connectivity index (χ3n) is 5.83. The van der Waals surface area contributed by atoms with Crippen molar-refractivity contribution in [3.63, 3.8) is 0 Å². The maximum absolute atomic E-state index is 12.9. The van der Waals surface area contributed by atoms with Crippen molar-refractivity contribution in [3.05, 3.63) is 59.0 Å². The molecule has 138 valence electrons. The van der Waals surface area contributed by atoms with Gasteiger partial charge in [0.25, 0.3) is 5.91 Å². The highest BCUT2D eigenvalue weighted by atomic mass is 16.3. The van der Waals surface area contributed by atoms with Crippen molar-refractivity contribution in [2.24, 2.45) is 5.92 Å². The van der Waals surface area contributed by atoms with E-state index in [4.69, 9.17) is 4.98 Å². The van der Waals surface area contributed by atoms with Gasteiger partial charge in [0.05, 0.1) is 11.6 Å². The highest BCUT2D eigenvalue weighted by molar-refractivity contribution is 5.94. The third kappa shape index (κ3) is 2.90. The van der Waals surface area contributed by atoms with Crippen LogP contribution in [0.25, 0.3) is 10.9 Å². The topological polar surface area (TPSA) is 82.1 Å². The predicted octanol–water partition coefficient (Wildman–Crippen LogP) is 2.12. The van der Waals surface area contributed by atoms with Crippen molar-refractivity contribution in [1.82, 2.24) is 20.1 Å². The lowest BCUT2D eigenvalue weighted by Gasteiger charge is -2.15. The van der Waals surface area contributed by atoms with Crippen molar-refractivity contribution < 1.29 is 9.90 Å². The van der Waals surface area contributed by atoms with Gasteiger partial charge in [-0.25, -0.2) is 0 Å². The zero-order chi connectivity index (χ0) is 18.4. The third-order valence-corrected chi connectivity index (χ3v) is 5.83. The number of hydrogen-bond acceptors (Lipinski definition) is 4. The summed E-state index contributed by atoms with van der Waals surface area (Å²) in [4.78, 5) is 19.4. The van der Waals surface area contributed by atoms with E-state index >= 15 is 0 Å². The average Bonchev–Trinajstić information content (AvgIpc) is 3.38. The van der Waals surface area contributed by atoms with Gasteiger partial charge in [0.15, 0.2) is 5.69 Å². The first kappa shape index (κ1) is 16.4. The van der Waals surface area contributed by atoms with Gasteiger partial charge < -0.3 is 10.0 Å². The number of aliphatic hydroxyl groups is 1. The Bertz CT molecular complexity index is 1010. The van der Waals surface area contributed by atoms with Crippen LogP contribution in [0, 0.1) is 5.92 Å². The number of aromatic amines is 1. The summed E-state index contributed by atoms with van der Waals surface area (Å²) in [7, 11) is 0. The molecule has 1 aromatic carbocycles. The van der Waals surface area contributed by atoms with Gasteiger partial charge in [0, 0.05) is 41.3 Å². The van der Waals surface area contributed by atoms with Crippen LogP contribution in [0.4, 0.5) is 0 Å². The molecule has 1 aliphatic heterocycles. The van der Waals surface area contributed by atoms with Crippen LogP contribution < -0.4 is 0 Å². The Morgan fingerprint density at radius 1 is 1.19 bits per heavy atom. The summed E-state index contributed by atoms with van der Waals surface area (Å²) in [5.41, 5.74) is 4.61. The summed E-state index contributed by atoms with van der Waals surface area (Å²) < 4.78 is 0. The summed E-state index contributed by atoms with van der Waals surface area (Å²) in [5.74, 6) is -0.0722. The van der Waals surface area contributed by atoms with E-state index in [1.165, 1.54) is 0 Å². The van der Waals surface area contributed by atoms with E-state index in [2.05, 4.69) is 16.3 Å². The largest absolute Gasteiger partial charge is 0.391 e. The van der Waals surface area contributed by atoms with Crippen molar-refractivity contribution >= 4 is 16.8 Å². The number of hydrogen-bond donors (Lipinski definition) is 2. The van der Waals surface area contributed by atoms with Gasteiger partial charge in [-0.1, -0.05) is 24.3 Å². The van der Waals surface area contributed by atoms with Gasteiger partial charge in [-0.3, -0.25) is 14.9 Å². The molecule has 6 nitrogen and oxygen atoms in total. The zero-order valence-electron chi connectivity index (χ0n) is 15.1. The number of rotatable bonds is 3. The van der Waals surface area contributed by atoms with E-state index in [0.717, 1.165) is 47.1 Å². The number of H-pyrrole nitrogens is 1. The maximum Gasteiger partial charge on any atom is 0.274 e. The standard InChI is InChI=1S/C21H22N4O2/c26-19-12-25(21(27)20-16-5-3-7-18(16)23-24-20)11-14(19)10-15-9-8-13-4-1-2-6-17(13)22-15/h1-2,4,6,8-9,14,19,26H,3,5,7,10-12H2,(H,23,24)/t14-,19-/m1/s1. The molecular weight excluding hydrogens is 340 g/mol. The molecule has 2 aromatic heterocycles. The lowest BCUT2D eigenvalue weighted by atomic mass is 9.99. The number of pyridine rings is 1. The first-order chi connectivity index (χ1) is 13.2. The quantitative estimate of drug-likeness (QED) is 0.748. The lowest BCUT2D eigenvalue weighted by Crippen LogP contribution is -2.30. The van der Waals surface area contributed by atoms with Gasteiger partial charge in [-0.05, 0) is 37.8 Å². The summed E-state index contributed by atoms with van der Waals surface area (Å²) in [6, 6.07) is 12.1. The molecule has 1 saturated heterocycles. The number of nitrogens with zero attached hydrogens (tertiary/aromatic N) is 3. The molecule has 0 radical (unpaired) electrons. The number of likely N-dealkylation sites (tertiary alicyclic amines) is 1. The highest BCUT2D eigenvalue weighted by Crippen LogP contribution is 2.27. The Morgan fingerprint density at radius 3 is 3.00 bits per heavy atom. The molecule has 0 spiro atoms. The molecule has 1 aliphatic carbocycles. The monoisotopic (exact) mass is 362 g/mol. The number of amides is 1. The summed E-state index contributed by atoms with van der Waals surface area (Å²) in [6.45, 7) is 0.898. The smallest absolute Gasteiger partial charge is 0.274 e. The van der Waals surface area contributed by atoms with Crippen LogP contribution in [0.15, 0.2) is 36.4 Å². The molecule has 3 heterocycles. The fraction of sp³-hybridized carbons (Fsp3) is 0.381. The Kier molecular flexibility index (Phi) is 3.93. The predicted molar refractivity (Wildman–Crippen MR) is 101 cm³/mol. The van der Waals surface area contributed by atoms with Crippen LogP contribution in [0.3, 0.4) is 0 Å². The van der Waals surface area contributed by atoms with Crippen LogP contribution in [0.1, 0.15) is 33.9 Å². The molecule has 1 fully saturated rings. The van der Waals surface area contributed by atoms with Crippen molar-refractivity contribution in [2.75, 3.05) is 13.1 Å². The molecule has 3 aromatic rings. The number of aromatic nitrogens is 3. The van der Waals surface area contributed by atoms with E-state index in [0.29, 0.717) is 25.2 Å². The SMILES string of the molecule is O=C(c1n[nH]c2c1CCC2)N1C[C@@H](Cc2ccc3ccccc3n2)[C@H](O)C1. The molecule has 2 aliphatic rings. The van der Waals surface area contributed by atoms with Crippen molar-refractivity contribution in [2.45, 2.75) is 31.8 Å². The van der Waals surface area contributed by atoms with E-state index < -0.39 is 6.10 Å². The van der Waals surface area contributed by atoms with E-state index in [1.807, 2.05) is 30.3 Å². The van der Waals surface area contributed by atoms with Gasteiger partial charge >= 0.3 is 0 Å². The Labute approximate surface area is 157 Å². The summed E-state index contributed by atoms with van der Waals surface area (Å²) in [5, 5.41) is 18.9. The number of aliphatic hydroxyl groups excluding tert-OH is 1. The van der Waals surface area contributed by atoms with Gasteiger partial charge in [-0.15, -0.1) is 0 Å². The minimum absolute atomic E-state index is 0.00500. The Balaban J connectivity index is 1.32. The zero-order valence-corrected chi connectivity index (χ0v) is 15.1. The first-order valence-electron chi connectivity index (χ1n) is 9.57. The average molecular weight is 362 g/mol. The Morgan fingerprint density at radius 2 is 2.07 bits per heavy atom. The van der Waals surface area contributed by atoms with Gasteiger partial charge in [0.2, 0.25) is 0 Å². The van der Waals surface area contributed by atoms with Crippen LogP contribution in [0.2, 0.25) is 0 Å². The number of fused-ring (bicyclic) bond motifs is 2. The molecule has 2 N–H and O–H groups in total. The van der Waals surface area contributed by atoms with Crippen LogP contribution in [-0.4, -0.2) is 50.3 Å². The highest BCUT2D eigenvalue weighted by Gasteiger charge is 2.36. The number of aryl methyl sites for hydroxylation is 1. The minimum Gasteiger partial charge on any atom is -0.391 e. The number of carbonyl (C=O) groups excluding carboxylic acids is 1. The van der Waals surface area contributed by atoms with Crippen LogP contribution in [0.5, 0.6) is 0 Å². The van der Waals surface area contributed by atoms with Gasteiger partial charge in [0.1, 0.15) is 0 Å². The second-order valence-corrected chi connectivity index (χ2v) is 7.62. The number of nitrogens with one attached hydrogen (secondary N) is 1. The number of benzene rings is 1. The maximum atomic E-state index is 12.9. The number of β-amino-alcohol motifs (C(OH)–C–C–N with tert-alkyl or cyclic N) is 1. The normalized spacial score (nSPS) is 21.7.